The molecule has 4 aliphatic rings. The minimum Gasteiger partial charge on any atom is -0.370 e. The molecule has 10 rings (SSSR count). The highest BCUT2D eigenvalue weighted by Crippen LogP contribution is 2.49. The van der Waals surface area contributed by atoms with E-state index < -0.39 is 11.6 Å². The minimum absolute atomic E-state index is 0.00383. The van der Waals surface area contributed by atoms with Gasteiger partial charge in [-0.25, -0.2) is 18.7 Å². The van der Waals surface area contributed by atoms with Gasteiger partial charge in [-0.1, -0.05) is 42.5 Å². The molecule has 6 heterocycles. The molecule has 9 nitrogen and oxygen atoms in total. The van der Waals surface area contributed by atoms with Crippen molar-refractivity contribution in [2.45, 2.75) is 68.8 Å². The molecule has 0 amide bonds. The van der Waals surface area contributed by atoms with Gasteiger partial charge in [-0.05, 0) is 105 Å². The van der Waals surface area contributed by atoms with Crippen molar-refractivity contribution in [2.24, 2.45) is 0 Å². The number of halogens is 2. The van der Waals surface area contributed by atoms with Gasteiger partial charge in [0.15, 0.2) is 11.6 Å². The monoisotopic (exact) mass is 714 g/mol. The van der Waals surface area contributed by atoms with Crippen LogP contribution in [0, 0.1) is 11.6 Å². The lowest BCUT2D eigenvalue weighted by Crippen LogP contribution is -2.39. The van der Waals surface area contributed by atoms with Gasteiger partial charge < -0.3 is 35.1 Å². The quantitative estimate of drug-likeness (QED) is 0.132. The van der Waals surface area contributed by atoms with Gasteiger partial charge in [-0.15, -0.1) is 0 Å². The van der Waals surface area contributed by atoms with Crippen LogP contribution in [0.2, 0.25) is 0 Å². The molecule has 4 N–H and O–H groups in total. The van der Waals surface area contributed by atoms with Crippen molar-refractivity contribution < 1.29 is 13.5 Å². The first-order valence-electron chi connectivity index (χ1n) is 19.2. The summed E-state index contributed by atoms with van der Waals surface area (Å²) in [6.45, 7) is 3.17. The second kappa shape index (κ2) is 13.5. The maximum Gasteiger partial charge on any atom is 0.151 e. The van der Waals surface area contributed by atoms with Crippen LogP contribution in [0.25, 0.3) is 22.1 Å². The van der Waals surface area contributed by atoms with Crippen LogP contribution in [0.4, 0.5) is 20.2 Å². The Morgan fingerprint density at radius 3 is 1.79 bits per heavy atom. The van der Waals surface area contributed by atoms with E-state index in [2.05, 4.69) is 61.9 Å². The molecule has 2 unspecified atom stereocenters. The van der Waals surface area contributed by atoms with Gasteiger partial charge in [0, 0.05) is 18.8 Å². The first kappa shape index (κ1) is 32.8. The average Bonchev–Trinajstić information content (AvgIpc) is 4.03. The number of fused-ring (bicyclic) bond motifs is 2. The molecular weight excluding hydrogens is 671 g/mol. The summed E-state index contributed by atoms with van der Waals surface area (Å²) in [5.41, 5.74) is 7.54. The van der Waals surface area contributed by atoms with Crippen LogP contribution in [0.1, 0.15) is 97.1 Å². The zero-order valence-corrected chi connectivity index (χ0v) is 29.6. The van der Waals surface area contributed by atoms with Crippen molar-refractivity contribution in [2.75, 3.05) is 42.6 Å². The summed E-state index contributed by atoms with van der Waals surface area (Å²) in [7, 11) is 0. The number of hydrogen-bond acceptors (Lipinski definition) is 7. The molecule has 272 valence electrons. The fourth-order valence-electron chi connectivity index (χ4n) is 9.22. The van der Waals surface area contributed by atoms with Gasteiger partial charge in [0.2, 0.25) is 0 Å². The molecule has 0 spiro atoms. The predicted molar refractivity (Wildman–Crippen MR) is 203 cm³/mol. The Bertz CT molecular complexity index is 2140. The minimum atomic E-state index is -0.562. The molecule has 0 bridgehead atoms. The Morgan fingerprint density at radius 1 is 0.660 bits per heavy atom. The van der Waals surface area contributed by atoms with E-state index in [9.17, 15) is 0 Å². The van der Waals surface area contributed by atoms with Gasteiger partial charge in [0.25, 0.3) is 0 Å². The number of imidazole rings is 2. The van der Waals surface area contributed by atoms with E-state index in [-0.39, 0.29) is 36.0 Å². The predicted octanol–water partition coefficient (Wildman–Crippen LogP) is 8.23. The zero-order chi connectivity index (χ0) is 35.5. The Morgan fingerprint density at radius 2 is 1.25 bits per heavy atom. The Kier molecular flexibility index (Phi) is 8.37. The van der Waals surface area contributed by atoms with E-state index in [0.717, 1.165) is 102 Å². The number of aromatic nitrogens is 4. The van der Waals surface area contributed by atoms with Crippen LogP contribution in [-0.4, -0.2) is 52.7 Å². The molecule has 0 aliphatic carbocycles. The van der Waals surface area contributed by atoms with E-state index in [0.29, 0.717) is 25.4 Å². The number of aromatic amines is 2. The SMILES string of the molecule is Fc1cc(N2C(c3ccc4nc([C@@H]5CCCN5)[nH]c4c3)CC[C@@H]2c2ccc3nc([C@@H]4CCCN4)[nH]c3c2)cc(F)c1N1CCOC(c2ccccc2)C1. The van der Waals surface area contributed by atoms with Crippen LogP contribution < -0.4 is 20.4 Å². The van der Waals surface area contributed by atoms with Crippen molar-refractivity contribution in [3.8, 4) is 0 Å². The van der Waals surface area contributed by atoms with Crippen LogP contribution in [0.5, 0.6) is 0 Å². The largest absolute Gasteiger partial charge is 0.370 e. The molecule has 0 radical (unpaired) electrons. The molecule has 4 aliphatic heterocycles. The van der Waals surface area contributed by atoms with E-state index in [1.54, 1.807) is 4.90 Å². The molecule has 11 heteroatoms. The third-order valence-electron chi connectivity index (χ3n) is 11.8. The molecule has 4 aromatic carbocycles. The molecule has 4 saturated heterocycles. The number of nitrogens with zero attached hydrogens (tertiary/aromatic N) is 4. The number of ether oxygens (including phenoxy) is 1. The van der Waals surface area contributed by atoms with Gasteiger partial charge >= 0.3 is 0 Å². The van der Waals surface area contributed by atoms with Gasteiger partial charge in [-0.3, -0.25) is 0 Å². The number of anilines is 2. The van der Waals surface area contributed by atoms with E-state index >= 15 is 8.78 Å². The normalized spacial score (nSPS) is 25.0. The lowest BCUT2D eigenvalue weighted by atomic mass is 10.0. The number of rotatable bonds is 7. The summed E-state index contributed by atoms with van der Waals surface area (Å²) in [6, 6.07) is 26.0. The third-order valence-corrected chi connectivity index (χ3v) is 11.8. The van der Waals surface area contributed by atoms with Crippen molar-refractivity contribution in [1.29, 1.82) is 0 Å². The molecule has 53 heavy (non-hydrogen) atoms. The second-order valence-corrected chi connectivity index (χ2v) is 15.1. The molecule has 2 aromatic heterocycles. The van der Waals surface area contributed by atoms with Crippen LogP contribution in [-0.2, 0) is 4.74 Å². The van der Waals surface area contributed by atoms with Gasteiger partial charge in [0.1, 0.15) is 23.4 Å². The standard InChI is InChI=1S/C42H44F2N8O/c43-29-22-28(23-30(44)40(29)51-18-19-53-39(24-51)25-6-2-1-3-7-25)52-37(26-10-12-31-35(20-26)49-41(47-31)33-8-4-16-45-33)14-15-38(52)27-11-13-32-36(21-27)50-42(48-32)34-9-5-17-46-34/h1-3,6-7,10-13,20-23,33-34,37-39,45-46H,4-5,8-9,14-19,24H2,(H,47,49)(H,48,50)/t33-,34-,37+,38?,39?/m0/s1. The number of hydrogen-bond donors (Lipinski definition) is 4. The number of H-pyrrole nitrogens is 2. The lowest BCUT2D eigenvalue weighted by molar-refractivity contribution is 0.0393. The average molecular weight is 715 g/mol. The highest BCUT2D eigenvalue weighted by molar-refractivity contribution is 5.78. The van der Waals surface area contributed by atoms with Crippen LogP contribution >= 0.6 is 0 Å². The van der Waals surface area contributed by atoms with E-state index in [1.165, 1.54) is 12.1 Å². The highest BCUT2D eigenvalue weighted by Gasteiger charge is 2.38. The first-order valence-corrected chi connectivity index (χ1v) is 19.2. The van der Waals surface area contributed by atoms with Crippen molar-refractivity contribution in [3.63, 3.8) is 0 Å². The molecule has 4 fully saturated rings. The summed E-state index contributed by atoms with van der Waals surface area (Å²) >= 11 is 0. The lowest BCUT2D eigenvalue weighted by Gasteiger charge is -2.36. The Labute approximate surface area is 307 Å². The van der Waals surface area contributed by atoms with Crippen molar-refractivity contribution >= 4 is 33.4 Å². The van der Waals surface area contributed by atoms with Crippen molar-refractivity contribution in [1.82, 2.24) is 30.6 Å². The fraction of sp³-hybridized carbons (Fsp3) is 0.381. The summed E-state index contributed by atoms with van der Waals surface area (Å²) in [5, 5.41) is 7.08. The molecule has 6 aromatic rings. The number of morpholine rings is 1. The maximum absolute atomic E-state index is 16.5. The summed E-state index contributed by atoms with van der Waals surface area (Å²) < 4.78 is 39.0. The summed E-state index contributed by atoms with van der Waals surface area (Å²) in [5.74, 6) is 0.809. The fourth-order valence-corrected chi connectivity index (χ4v) is 9.22. The van der Waals surface area contributed by atoms with Crippen LogP contribution in [0.15, 0.2) is 78.9 Å². The summed E-state index contributed by atoms with van der Waals surface area (Å²) in [4.78, 5) is 21.0. The number of nitrogens with one attached hydrogen (secondary N) is 4. The Hall–Kier alpha value is -4.84. The number of benzene rings is 4. The Balaban J connectivity index is 1.02. The summed E-state index contributed by atoms with van der Waals surface area (Å²) in [6.07, 6.45) is 5.79. The first-order chi connectivity index (χ1) is 26.1. The smallest absolute Gasteiger partial charge is 0.151 e. The van der Waals surface area contributed by atoms with E-state index in [1.807, 2.05) is 30.3 Å². The zero-order valence-electron chi connectivity index (χ0n) is 29.6. The third kappa shape index (κ3) is 6.04. The molecular formula is C42H44F2N8O. The van der Waals surface area contributed by atoms with E-state index in [4.69, 9.17) is 14.7 Å². The van der Waals surface area contributed by atoms with Gasteiger partial charge in [0.05, 0.1) is 52.8 Å². The maximum atomic E-state index is 16.5. The molecule has 0 saturated carbocycles. The van der Waals surface area contributed by atoms with Crippen molar-refractivity contribution in [3.05, 3.63) is 119 Å². The molecule has 5 atom stereocenters. The highest BCUT2D eigenvalue weighted by atomic mass is 19.1. The van der Waals surface area contributed by atoms with Gasteiger partial charge in [-0.2, -0.15) is 0 Å². The second-order valence-electron chi connectivity index (χ2n) is 15.1. The topological polar surface area (TPSA) is 97.1 Å². The van der Waals surface area contributed by atoms with Crippen LogP contribution in [0.3, 0.4) is 0 Å².